The summed E-state index contributed by atoms with van der Waals surface area (Å²) in [6, 6.07) is 0. The molecule has 0 unspecified atom stereocenters. The van der Waals surface area contributed by atoms with Gasteiger partial charge >= 0.3 is 5.97 Å². The molecule has 0 amide bonds. The second-order valence-electron chi connectivity index (χ2n) is 4.41. The van der Waals surface area contributed by atoms with Gasteiger partial charge in [0.25, 0.3) is 0 Å². The lowest BCUT2D eigenvalue weighted by molar-refractivity contribution is -0.159. The van der Waals surface area contributed by atoms with E-state index in [9.17, 15) is 4.79 Å². The molecule has 0 heterocycles. The molecule has 0 aromatic rings. The van der Waals surface area contributed by atoms with Crippen LogP contribution in [0.25, 0.3) is 0 Å². The summed E-state index contributed by atoms with van der Waals surface area (Å²) in [5.41, 5.74) is -0.573. The normalized spacial score (nSPS) is 13.3. The van der Waals surface area contributed by atoms with Crippen LogP contribution in [0.3, 0.4) is 0 Å². The van der Waals surface area contributed by atoms with Gasteiger partial charge < -0.3 is 14.9 Å². The number of carbonyl (C=O) groups is 1. The SMILES string of the molecule is CC(=O)OC(C)(C)COC[C@@H](C)CC=N. The Balaban J connectivity index is 3.73. The zero-order valence-electron chi connectivity index (χ0n) is 10.0. The first-order chi connectivity index (χ1) is 6.87. The highest BCUT2D eigenvalue weighted by molar-refractivity contribution is 5.66. The Bertz CT molecular complexity index is 214. The van der Waals surface area contributed by atoms with Gasteiger partial charge in [-0.3, -0.25) is 4.79 Å². The van der Waals surface area contributed by atoms with Gasteiger partial charge in [-0.1, -0.05) is 6.92 Å². The van der Waals surface area contributed by atoms with Gasteiger partial charge in [-0.15, -0.1) is 0 Å². The predicted molar refractivity (Wildman–Crippen MR) is 59.2 cm³/mol. The van der Waals surface area contributed by atoms with E-state index in [-0.39, 0.29) is 5.97 Å². The van der Waals surface area contributed by atoms with Crippen molar-refractivity contribution in [1.82, 2.24) is 0 Å². The highest BCUT2D eigenvalue weighted by Crippen LogP contribution is 2.11. The molecule has 0 radical (unpaired) electrons. The van der Waals surface area contributed by atoms with Crippen molar-refractivity contribution in [2.24, 2.45) is 5.92 Å². The van der Waals surface area contributed by atoms with Gasteiger partial charge in [-0.05, 0) is 32.4 Å². The minimum Gasteiger partial charge on any atom is -0.457 e. The summed E-state index contributed by atoms with van der Waals surface area (Å²) in [7, 11) is 0. The van der Waals surface area contributed by atoms with Crippen LogP contribution in [0.15, 0.2) is 0 Å². The molecule has 0 saturated heterocycles. The van der Waals surface area contributed by atoms with E-state index in [1.54, 1.807) is 0 Å². The Morgan fingerprint density at radius 1 is 1.53 bits per heavy atom. The smallest absolute Gasteiger partial charge is 0.303 e. The van der Waals surface area contributed by atoms with Crippen LogP contribution in [0.2, 0.25) is 0 Å². The van der Waals surface area contributed by atoms with Gasteiger partial charge in [0.05, 0.1) is 6.61 Å². The van der Waals surface area contributed by atoms with Crippen LogP contribution in [-0.2, 0) is 14.3 Å². The lowest BCUT2D eigenvalue weighted by Gasteiger charge is -2.24. The molecule has 0 aromatic carbocycles. The monoisotopic (exact) mass is 215 g/mol. The molecule has 0 fully saturated rings. The van der Waals surface area contributed by atoms with Crippen LogP contribution < -0.4 is 0 Å². The number of hydrogen-bond donors (Lipinski definition) is 1. The number of carbonyl (C=O) groups excluding carboxylic acids is 1. The second-order valence-corrected chi connectivity index (χ2v) is 4.41. The van der Waals surface area contributed by atoms with E-state index in [4.69, 9.17) is 14.9 Å². The molecule has 0 aliphatic rings. The van der Waals surface area contributed by atoms with Crippen LogP contribution in [0, 0.1) is 11.3 Å². The Labute approximate surface area is 91.5 Å². The van der Waals surface area contributed by atoms with Gasteiger partial charge in [-0.2, -0.15) is 0 Å². The van der Waals surface area contributed by atoms with Crippen molar-refractivity contribution in [1.29, 1.82) is 5.41 Å². The molecule has 88 valence electrons. The van der Waals surface area contributed by atoms with Crippen molar-refractivity contribution in [3.05, 3.63) is 0 Å². The third-order valence-corrected chi connectivity index (χ3v) is 1.79. The third kappa shape index (κ3) is 8.12. The molecule has 1 atom stereocenters. The molecule has 4 nitrogen and oxygen atoms in total. The quantitative estimate of drug-likeness (QED) is 0.522. The predicted octanol–water partition coefficient (Wildman–Crippen LogP) is 2.02. The minimum absolute atomic E-state index is 0.295. The Hall–Kier alpha value is -0.900. The summed E-state index contributed by atoms with van der Waals surface area (Å²) in [6.45, 7) is 8.00. The zero-order valence-corrected chi connectivity index (χ0v) is 10.0. The molecule has 0 bridgehead atoms. The van der Waals surface area contributed by atoms with E-state index in [1.807, 2.05) is 20.8 Å². The van der Waals surface area contributed by atoms with E-state index in [0.717, 1.165) is 0 Å². The Kier molecular flexibility index (Phi) is 6.17. The molecule has 15 heavy (non-hydrogen) atoms. The van der Waals surface area contributed by atoms with E-state index in [1.165, 1.54) is 13.1 Å². The summed E-state index contributed by atoms with van der Waals surface area (Å²) in [5.74, 6) is 0.0340. The molecule has 0 aliphatic heterocycles. The fourth-order valence-corrected chi connectivity index (χ4v) is 1.19. The summed E-state index contributed by atoms with van der Waals surface area (Å²) in [4.78, 5) is 10.8. The maximum Gasteiger partial charge on any atom is 0.303 e. The summed E-state index contributed by atoms with van der Waals surface area (Å²) in [6.07, 6.45) is 2.10. The van der Waals surface area contributed by atoms with Gasteiger partial charge in [0.2, 0.25) is 0 Å². The first-order valence-electron chi connectivity index (χ1n) is 5.13. The van der Waals surface area contributed by atoms with Crippen molar-refractivity contribution in [2.75, 3.05) is 13.2 Å². The lowest BCUT2D eigenvalue weighted by Crippen LogP contribution is -2.33. The number of hydrogen-bond acceptors (Lipinski definition) is 4. The number of esters is 1. The van der Waals surface area contributed by atoms with Gasteiger partial charge in [0.1, 0.15) is 5.60 Å². The first-order valence-corrected chi connectivity index (χ1v) is 5.13. The van der Waals surface area contributed by atoms with Gasteiger partial charge in [0.15, 0.2) is 0 Å². The van der Waals surface area contributed by atoms with Crippen LogP contribution in [-0.4, -0.2) is 31.0 Å². The van der Waals surface area contributed by atoms with Crippen LogP contribution >= 0.6 is 0 Å². The molecule has 4 heteroatoms. The standard InChI is InChI=1S/C11H21NO3/c1-9(5-6-12)7-14-8-11(3,4)15-10(2)13/h6,9,12H,5,7-8H2,1-4H3/t9-/m0/s1. The molecule has 0 saturated carbocycles. The molecule has 1 N–H and O–H groups in total. The average Bonchev–Trinajstić information content (AvgIpc) is 2.01. The van der Waals surface area contributed by atoms with E-state index in [2.05, 4.69) is 0 Å². The van der Waals surface area contributed by atoms with Crippen molar-refractivity contribution < 1.29 is 14.3 Å². The molecule has 0 aliphatic carbocycles. The molecule has 0 rings (SSSR count). The topological polar surface area (TPSA) is 59.4 Å². The third-order valence-electron chi connectivity index (χ3n) is 1.79. The van der Waals surface area contributed by atoms with Crippen molar-refractivity contribution in [3.8, 4) is 0 Å². The maximum absolute atomic E-state index is 10.8. The van der Waals surface area contributed by atoms with E-state index < -0.39 is 5.60 Å². The van der Waals surface area contributed by atoms with Crippen molar-refractivity contribution in [3.63, 3.8) is 0 Å². The summed E-state index contributed by atoms with van der Waals surface area (Å²) >= 11 is 0. The molecule has 0 aromatic heterocycles. The minimum atomic E-state index is -0.573. The second kappa shape index (κ2) is 6.56. The zero-order chi connectivity index (χ0) is 11.9. The molecular formula is C11H21NO3. The fourth-order valence-electron chi connectivity index (χ4n) is 1.19. The van der Waals surface area contributed by atoms with Gasteiger partial charge in [0, 0.05) is 13.5 Å². The highest BCUT2D eigenvalue weighted by Gasteiger charge is 2.21. The summed E-state index contributed by atoms with van der Waals surface area (Å²) < 4.78 is 10.5. The number of ether oxygens (including phenoxy) is 2. The maximum atomic E-state index is 10.8. The van der Waals surface area contributed by atoms with Crippen LogP contribution in [0.5, 0.6) is 0 Å². The molecular weight excluding hydrogens is 194 g/mol. The average molecular weight is 215 g/mol. The van der Waals surface area contributed by atoms with Gasteiger partial charge in [-0.25, -0.2) is 0 Å². The largest absolute Gasteiger partial charge is 0.457 e. The fraction of sp³-hybridized carbons (Fsp3) is 0.818. The number of nitrogens with one attached hydrogen (secondary N) is 1. The lowest BCUT2D eigenvalue weighted by atomic mass is 10.1. The molecule has 0 spiro atoms. The first kappa shape index (κ1) is 14.1. The Morgan fingerprint density at radius 3 is 2.60 bits per heavy atom. The van der Waals surface area contributed by atoms with Crippen molar-refractivity contribution >= 4 is 12.2 Å². The van der Waals surface area contributed by atoms with Crippen molar-refractivity contribution in [2.45, 2.75) is 39.7 Å². The Morgan fingerprint density at radius 2 is 2.13 bits per heavy atom. The van der Waals surface area contributed by atoms with Crippen LogP contribution in [0.1, 0.15) is 34.1 Å². The van der Waals surface area contributed by atoms with E-state index >= 15 is 0 Å². The number of rotatable bonds is 7. The highest BCUT2D eigenvalue weighted by atomic mass is 16.6. The van der Waals surface area contributed by atoms with E-state index in [0.29, 0.717) is 25.6 Å². The van der Waals surface area contributed by atoms with Crippen LogP contribution in [0.4, 0.5) is 0 Å². The summed E-state index contributed by atoms with van der Waals surface area (Å²) in [5, 5.41) is 6.93.